The highest BCUT2D eigenvalue weighted by Gasteiger charge is 1.87. The van der Waals surface area contributed by atoms with E-state index in [4.69, 9.17) is 5.41 Å². The fourth-order valence-corrected chi connectivity index (χ4v) is 0.242. The number of rotatable bonds is 1. The van der Waals surface area contributed by atoms with Crippen LogP contribution in [0.5, 0.6) is 0 Å². The van der Waals surface area contributed by atoms with Crippen molar-refractivity contribution in [2.75, 3.05) is 6.54 Å². The Kier molecular flexibility index (Phi) is 3.44. The summed E-state index contributed by atoms with van der Waals surface area (Å²) in [5, 5.41) is 8.59. The lowest BCUT2D eigenvalue weighted by Crippen LogP contribution is -2.17. The number of hydrogen-bond donors (Lipinski definition) is 2. The SMILES string of the molecule is CCNC(=O)N=C=N. The van der Waals surface area contributed by atoms with E-state index in [0.717, 1.165) is 0 Å². The van der Waals surface area contributed by atoms with Crippen LogP contribution in [-0.4, -0.2) is 18.6 Å². The molecule has 0 aromatic heterocycles. The quantitative estimate of drug-likeness (QED) is 0.477. The highest BCUT2D eigenvalue weighted by molar-refractivity contribution is 5.79. The molecule has 0 aliphatic heterocycles. The molecule has 0 unspecified atom stereocenters. The molecule has 0 spiro atoms. The third kappa shape index (κ3) is 3.06. The van der Waals surface area contributed by atoms with E-state index in [9.17, 15) is 4.79 Å². The molecule has 0 aromatic rings. The molecule has 0 rings (SSSR count). The summed E-state index contributed by atoms with van der Waals surface area (Å²) in [7, 11) is 0. The molecule has 0 saturated heterocycles. The third-order valence-corrected chi connectivity index (χ3v) is 0.485. The molecule has 0 fully saturated rings. The van der Waals surface area contributed by atoms with E-state index in [1.165, 1.54) is 0 Å². The summed E-state index contributed by atoms with van der Waals surface area (Å²) in [6, 6.07) is 1.10. The average Bonchev–Trinajstić information content (AvgIpc) is 1.68. The first-order valence-corrected chi connectivity index (χ1v) is 2.21. The highest BCUT2D eigenvalue weighted by atomic mass is 16.2. The lowest BCUT2D eigenvalue weighted by atomic mass is 10.7. The molecule has 0 aromatic carbocycles. The lowest BCUT2D eigenvalue weighted by molar-refractivity contribution is 0.250. The van der Waals surface area contributed by atoms with Crippen molar-refractivity contribution in [1.29, 1.82) is 5.41 Å². The number of amides is 2. The number of urea groups is 1. The molecule has 4 heteroatoms. The number of carbonyl (C=O) groups excluding carboxylic acids is 1. The smallest absolute Gasteiger partial charge is 0.336 e. The monoisotopic (exact) mass is 113 g/mol. The van der Waals surface area contributed by atoms with E-state index in [-0.39, 0.29) is 0 Å². The van der Waals surface area contributed by atoms with Gasteiger partial charge in [-0.25, -0.2) is 10.2 Å². The van der Waals surface area contributed by atoms with Crippen LogP contribution in [0.4, 0.5) is 4.79 Å². The minimum absolute atomic E-state index is 0.512. The number of hydrogen-bond acceptors (Lipinski definition) is 2. The van der Waals surface area contributed by atoms with Gasteiger partial charge in [0.25, 0.3) is 0 Å². The topological polar surface area (TPSA) is 65.3 Å². The maximum absolute atomic E-state index is 10.2. The first kappa shape index (κ1) is 6.85. The van der Waals surface area contributed by atoms with Crippen LogP contribution in [0.3, 0.4) is 0 Å². The second-order valence-electron chi connectivity index (χ2n) is 1.06. The Bertz CT molecular complexity index is 125. The molecule has 4 nitrogen and oxygen atoms in total. The Morgan fingerprint density at radius 1 is 2.00 bits per heavy atom. The maximum atomic E-state index is 10.2. The third-order valence-electron chi connectivity index (χ3n) is 0.485. The summed E-state index contributed by atoms with van der Waals surface area (Å²) in [5.41, 5.74) is 0. The van der Waals surface area contributed by atoms with Gasteiger partial charge in [-0.1, -0.05) is 0 Å². The van der Waals surface area contributed by atoms with Crippen molar-refractivity contribution in [3.63, 3.8) is 0 Å². The molecule has 0 aliphatic rings. The van der Waals surface area contributed by atoms with Gasteiger partial charge in [-0.2, -0.15) is 0 Å². The van der Waals surface area contributed by atoms with E-state index in [0.29, 0.717) is 6.54 Å². The molecule has 0 heterocycles. The Morgan fingerprint density at radius 3 is 3.00 bits per heavy atom. The average molecular weight is 113 g/mol. The Labute approximate surface area is 47.1 Å². The number of aliphatic imine (C=N–C) groups is 1. The van der Waals surface area contributed by atoms with Gasteiger partial charge in [0.05, 0.1) is 6.01 Å². The molecule has 0 saturated carbocycles. The number of carbonyl (C=O) groups is 1. The molecule has 8 heavy (non-hydrogen) atoms. The Morgan fingerprint density at radius 2 is 2.62 bits per heavy atom. The first-order valence-electron chi connectivity index (χ1n) is 2.21. The predicted octanol–water partition coefficient (Wildman–Crippen LogP) is 0.469. The summed E-state index contributed by atoms with van der Waals surface area (Å²) >= 11 is 0. The Hall–Kier alpha value is -1.15. The number of nitrogens with zero attached hydrogens (tertiary/aromatic N) is 1. The molecule has 0 aliphatic carbocycles. The van der Waals surface area contributed by atoms with Crippen LogP contribution < -0.4 is 5.32 Å². The molecule has 0 atom stereocenters. The van der Waals surface area contributed by atoms with Crippen molar-refractivity contribution in [2.24, 2.45) is 4.99 Å². The largest absolute Gasteiger partial charge is 0.350 e. The van der Waals surface area contributed by atoms with Crippen LogP contribution in [0.2, 0.25) is 0 Å². The molecule has 44 valence electrons. The van der Waals surface area contributed by atoms with Crippen molar-refractivity contribution in [3.8, 4) is 0 Å². The van der Waals surface area contributed by atoms with E-state index in [2.05, 4.69) is 10.3 Å². The van der Waals surface area contributed by atoms with Gasteiger partial charge in [0, 0.05) is 6.54 Å². The van der Waals surface area contributed by atoms with Crippen LogP contribution in [0.25, 0.3) is 0 Å². The first-order chi connectivity index (χ1) is 3.81. The lowest BCUT2D eigenvalue weighted by Gasteiger charge is -1.88. The van der Waals surface area contributed by atoms with Crippen LogP contribution in [0.15, 0.2) is 4.99 Å². The van der Waals surface area contributed by atoms with Crippen molar-refractivity contribution in [2.45, 2.75) is 6.92 Å². The maximum Gasteiger partial charge on any atom is 0.350 e. The van der Waals surface area contributed by atoms with Crippen molar-refractivity contribution < 1.29 is 4.79 Å². The Balaban J connectivity index is 3.49. The predicted molar refractivity (Wildman–Crippen MR) is 29.2 cm³/mol. The van der Waals surface area contributed by atoms with E-state index in [1.54, 1.807) is 12.9 Å². The molecular formula is C4H7N3O. The van der Waals surface area contributed by atoms with Crippen LogP contribution in [0, 0.1) is 5.41 Å². The van der Waals surface area contributed by atoms with Gasteiger partial charge in [-0.15, -0.1) is 4.99 Å². The van der Waals surface area contributed by atoms with Gasteiger partial charge < -0.3 is 5.32 Å². The normalized spacial score (nSPS) is 7.12. The molecule has 2 N–H and O–H groups in total. The van der Waals surface area contributed by atoms with Crippen LogP contribution in [-0.2, 0) is 0 Å². The van der Waals surface area contributed by atoms with Crippen molar-refractivity contribution in [3.05, 3.63) is 0 Å². The van der Waals surface area contributed by atoms with Gasteiger partial charge in [-0.3, -0.25) is 0 Å². The zero-order valence-electron chi connectivity index (χ0n) is 4.56. The van der Waals surface area contributed by atoms with E-state index < -0.39 is 6.03 Å². The summed E-state index contributed by atoms with van der Waals surface area (Å²) in [5.74, 6) is 0. The van der Waals surface area contributed by atoms with Crippen molar-refractivity contribution in [1.82, 2.24) is 5.32 Å². The standard InChI is InChI=1S/C4H7N3O/c1-2-6-4(8)7-3-5/h5H,2H2,1H3,(H,6,8). The van der Waals surface area contributed by atoms with Gasteiger partial charge in [0.15, 0.2) is 0 Å². The van der Waals surface area contributed by atoms with Crippen LogP contribution >= 0.6 is 0 Å². The van der Waals surface area contributed by atoms with Crippen molar-refractivity contribution >= 4 is 12.0 Å². The van der Waals surface area contributed by atoms with Gasteiger partial charge in [-0.05, 0) is 6.92 Å². The molecule has 2 amide bonds. The molecule has 0 radical (unpaired) electrons. The van der Waals surface area contributed by atoms with E-state index in [1.807, 2.05) is 0 Å². The van der Waals surface area contributed by atoms with Crippen LogP contribution in [0.1, 0.15) is 6.92 Å². The van der Waals surface area contributed by atoms with E-state index >= 15 is 0 Å². The summed E-state index contributed by atoms with van der Waals surface area (Å²) < 4.78 is 0. The minimum atomic E-state index is -0.512. The zero-order chi connectivity index (χ0) is 6.41. The second kappa shape index (κ2) is 4.02. The molecule has 0 bridgehead atoms. The molecular weight excluding hydrogens is 106 g/mol. The number of nitrogens with one attached hydrogen (secondary N) is 2. The van der Waals surface area contributed by atoms with Gasteiger partial charge in [0.1, 0.15) is 0 Å². The summed E-state index contributed by atoms with van der Waals surface area (Å²) in [4.78, 5) is 13.2. The fraction of sp³-hybridized carbons (Fsp3) is 0.500. The zero-order valence-corrected chi connectivity index (χ0v) is 4.56. The van der Waals surface area contributed by atoms with Gasteiger partial charge in [0.2, 0.25) is 0 Å². The fourth-order valence-electron chi connectivity index (χ4n) is 0.242. The minimum Gasteiger partial charge on any atom is -0.336 e. The summed E-state index contributed by atoms with van der Waals surface area (Å²) in [6.45, 7) is 2.31. The second-order valence-corrected chi connectivity index (χ2v) is 1.06. The summed E-state index contributed by atoms with van der Waals surface area (Å²) in [6.07, 6.45) is 0. The highest BCUT2D eigenvalue weighted by Crippen LogP contribution is 1.66. The van der Waals surface area contributed by atoms with Gasteiger partial charge >= 0.3 is 6.03 Å².